The van der Waals surface area contributed by atoms with Crippen molar-refractivity contribution in [2.45, 2.75) is 18.9 Å². The van der Waals surface area contributed by atoms with Gasteiger partial charge in [-0.05, 0) is 25.0 Å². The molecule has 5 heteroatoms. The van der Waals surface area contributed by atoms with Crippen LogP contribution in [0.25, 0.3) is 0 Å². The molecule has 1 saturated heterocycles. The molecule has 2 rings (SSSR count). The summed E-state index contributed by atoms with van der Waals surface area (Å²) in [5, 5.41) is 9.94. The molecule has 18 heavy (non-hydrogen) atoms. The second-order valence-electron chi connectivity index (χ2n) is 4.49. The third kappa shape index (κ3) is 2.41. The molecule has 1 aromatic carbocycles. The first kappa shape index (κ1) is 12.7. The van der Waals surface area contributed by atoms with Gasteiger partial charge in [0, 0.05) is 19.1 Å². The first-order valence-corrected chi connectivity index (χ1v) is 6.04. The summed E-state index contributed by atoms with van der Waals surface area (Å²) in [6.07, 6.45) is 1.60. The van der Waals surface area contributed by atoms with E-state index < -0.39 is 0 Å². The van der Waals surface area contributed by atoms with E-state index in [1.54, 1.807) is 23.1 Å². The largest absolute Gasteiger partial charge is 0.504 e. The van der Waals surface area contributed by atoms with Gasteiger partial charge < -0.3 is 20.5 Å². The fraction of sp³-hybridized carbons (Fsp3) is 0.462. The lowest BCUT2D eigenvalue weighted by molar-refractivity contribution is 0.0711. The van der Waals surface area contributed by atoms with Crippen molar-refractivity contribution < 1.29 is 14.6 Å². The van der Waals surface area contributed by atoms with Crippen molar-refractivity contribution in [1.29, 1.82) is 0 Å². The first-order chi connectivity index (χ1) is 8.63. The SMILES string of the molecule is COc1cccc(C(=O)N2CCC(N)CC2)c1O. The number of nitrogens with zero attached hydrogens (tertiary/aromatic N) is 1. The maximum Gasteiger partial charge on any atom is 0.257 e. The standard InChI is InChI=1S/C13H18N2O3/c1-18-11-4-2-3-10(12(11)16)13(17)15-7-5-9(14)6-8-15/h2-4,9,16H,5-8,14H2,1H3. The van der Waals surface area contributed by atoms with Gasteiger partial charge in [0.15, 0.2) is 11.5 Å². The van der Waals surface area contributed by atoms with Gasteiger partial charge in [-0.3, -0.25) is 4.79 Å². The molecule has 0 aromatic heterocycles. The Labute approximate surface area is 106 Å². The van der Waals surface area contributed by atoms with E-state index in [4.69, 9.17) is 10.5 Å². The topological polar surface area (TPSA) is 75.8 Å². The van der Waals surface area contributed by atoms with Gasteiger partial charge in [-0.2, -0.15) is 0 Å². The van der Waals surface area contributed by atoms with Gasteiger partial charge in [0.25, 0.3) is 5.91 Å². The number of piperidine rings is 1. The molecule has 1 aromatic rings. The van der Waals surface area contributed by atoms with Gasteiger partial charge in [-0.15, -0.1) is 0 Å². The lowest BCUT2D eigenvalue weighted by atomic mass is 10.0. The third-order valence-electron chi connectivity index (χ3n) is 3.28. The molecule has 0 aliphatic carbocycles. The summed E-state index contributed by atoms with van der Waals surface area (Å²) in [6.45, 7) is 1.27. The van der Waals surface area contributed by atoms with Crippen LogP contribution in [0, 0.1) is 0 Å². The van der Waals surface area contributed by atoms with Crippen molar-refractivity contribution in [3.63, 3.8) is 0 Å². The molecule has 5 nitrogen and oxygen atoms in total. The molecule has 1 amide bonds. The minimum Gasteiger partial charge on any atom is -0.504 e. The van der Waals surface area contributed by atoms with Crippen molar-refractivity contribution >= 4 is 5.91 Å². The molecule has 0 atom stereocenters. The Morgan fingerprint density at radius 2 is 2.11 bits per heavy atom. The van der Waals surface area contributed by atoms with Crippen molar-refractivity contribution in [3.05, 3.63) is 23.8 Å². The van der Waals surface area contributed by atoms with E-state index in [1.165, 1.54) is 7.11 Å². The Morgan fingerprint density at radius 1 is 1.44 bits per heavy atom. The number of likely N-dealkylation sites (tertiary alicyclic amines) is 1. The van der Waals surface area contributed by atoms with Gasteiger partial charge in [-0.1, -0.05) is 6.07 Å². The molecule has 0 radical (unpaired) electrons. The average molecular weight is 250 g/mol. The molecular formula is C13H18N2O3. The number of amides is 1. The van der Waals surface area contributed by atoms with Crippen molar-refractivity contribution in [2.75, 3.05) is 20.2 Å². The lowest BCUT2D eigenvalue weighted by Crippen LogP contribution is -2.42. The molecule has 0 unspecified atom stereocenters. The minimum atomic E-state index is -0.168. The summed E-state index contributed by atoms with van der Waals surface area (Å²) < 4.78 is 5.00. The van der Waals surface area contributed by atoms with Gasteiger partial charge in [0.1, 0.15) is 0 Å². The Kier molecular flexibility index (Phi) is 3.72. The second-order valence-corrected chi connectivity index (χ2v) is 4.49. The van der Waals surface area contributed by atoms with Crippen molar-refractivity contribution in [3.8, 4) is 11.5 Å². The number of aromatic hydroxyl groups is 1. The summed E-state index contributed by atoms with van der Waals surface area (Å²) in [7, 11) is 1.46. The fourth-order valence-electron chi connectivity index (χ4n) is 2.13. The molecule has 1 aliphatic rings. The van der Waals surface area contributed by atoms with Crippen LogP contribution in [0.15, 0.2) is 18.2 Å². The van der Waals surface area contributed by atoms with Crippen LogP contribution in [0.3, 0.4) is 0 Å². The number of phenols is 1. The summed E-state index contributed by atoms with van der Waals surface area (Å²) in [4.78, 5) is 14.0. The zero-order valence-electron chi connectivity index (χ0n) is 10.4. The number of hydrogen-bond donors (Lipinski definition) is 2. The number of phenolic OH excluding ortho intramolecular Hbond substituents is 1. The molecular weight excluding hydrogens is 232 g/mol. The van der Waals surface area contributed by atoms with Gasteiger partial charge in [0.05, 0.1) is 12.7 Å². The molecule has 1 aliphatic heterocycles. The minimum absolute atomic E-state index is 0.0973. The zero-order chi connectivity index (χ0) is 13.1. The Bertz CT molecular complexity index is 440. The summed E-state index contributed by atoms with van der Waals surface area (Å²) >= 11 is 0. The van der Waals surface area contributed by atoms with E-state index >= 15 is 0 Å². The molecule has 1 heterocycles. The van der Waals surface area contributed by atoms with E-state index in [0.29, 0.717) is 18.8 Å². The van der Waals surface area contributed by atoms with Gasteiger partial charge in [-0.25, -0.2) is 0 Å². The molecule has 3 N–H and O–H groups in total. The van der Waals surface area contributed by atoms with E-state index in [2.05, 4.69) is 0 Å². The molecule has 0 spiro atoms. The number of benzene rings is 1. The summed E-state index contributed by atoms with van der Waals surface area (Å²) in [6, 6.07) is 5.10. The molecule has 98 valence electrons. The van der Waals surface area contributed by atoms with Crippen LogP contribution in [-0.4, -0.2) is 42.2 Å². The number of ether oxygens (including phenoxy) is 1. The van der Waals surface area contributed by atoms with Crippen LogP contribution in [-0.2, 0) is 0 Å². The summed E-state index contributed by atoms with van der Waals surface area (Å²) in [5.41, 5.74) is 6.09. The van der Waals surface area contributed by atoms with E-state index in [-0.39, 0.29) is 23.3 Å². The number of carbonyl (C=O) groups is 1. The quantitative estimate of drug-likeness (QED) is 0.820. The van der Waals surface area contributed by atoms with E-state index in [1.807, 2.05) is 0 Å². The predicted octanol–water partition coefficient (Wildman–Crippen LogP) is 0.964. The van der Waals surface area contributed by atoms with E-state index in [0.717, 1.165) is 12.8 Å². The third-order valence-corrected chi connectivity index (χ3v) is 3.28. The Hall–Kier alpha value is -1.75. The maximum atomic E-state index is 12.3. The highest BCUT2D eigenvalue weighted by Gasteiger charge is 2.24. The number of rotatable bonds is 2. The van der Waals surface area contributed by atoms with Crippen LogP contribution in [0.2, 0.25) is 0 Å². The van der Waals surface area contributed by atoms with Crippen LogP contribution in [0.1, 0.15) is 23.2 Å². The van der Waals surface area contributed by atoms with Gasteiger partial charge >= 0.3 is 0 Å². The van der Waals surface area contributed by atoms with Crippen molar-refractivity contribution in [1.82, 2.24) is 4.90 Å². The van der Waals surface area contributed by atoms with Crippen LogP contribution >= 0.6 is 0 Å². The number of hydrogen-bond acceptors (Lipinski definition) is 4. The lowest BCUT2D eigenvalue weighted by Gasteiger charge is -2.30. The normalized spacial score (nSPS) is 16.7. The molecule has 0 bridgehead atoms. The second kappa shape index (κ2) is 5.27. The smallest absolute Gasteiger partial charge is 0.257 e. The highest BCUT2D eigenvalue weighted by atomic mass is 16.5. The van der Waals surface area contributed by atoms with Crippen LogP contribution in [0.4, 0.5) is 0 Å². The van der Waals surface area contributed by atoms with Gasteiger partial charge in [0.2, 0.25) is 0 Å². The number of methoxy groups -OCH3 is 1. The Morgan fingerprint density at radius 3 is 2.72 bits per heavy atom. The number of nitrogens with two attached hydrogens (primary N) is 1. The predicted molar refractivity (Wildman–Crippen MR) is 67.8 cm³/mol. The maximum absolute atomic E-state index is 12.3. The highest BCUT2D eigenvalue weighted by Crippen LogP contribution is 2.30. The molecule has 0 saturated carbocycles. The van der Waals surface area contributed by atoms with E-state index in [9.17, 15) is 9.90 Å². The van der Waals surface area contributed by atoms with Crippen LogP contribution in [0.5, 0.6) is 11.5 Å². The highest BCUT2D eigenvalue weighted by molar-refractivity contribution is 5.97. The Balaban J connectivity index is 2.18. The zero-order valence-corrected chi connectivity index (χ0v) is 10.4. The number of carbonyl (C=O) groups excluding carboxylic acids is 1. The monoisotopic (exact) mass is 250 g/mol. The summed E-state index contributed by atoms with van der Waals surface area (Å²) in [5.74, 6) is 0.0488. The average Bonchev–Trinajstić information content (AvgIpc) is 2.39. The molecule has 1 fully saturated rings. The number of para-hydroxylation sites is 1. The fourth-order valence-corrected chi connectivity index (χ4v) is 2.13. The van der Waals surface area contributed by atoms with Crippen LogP contribution < -0.4 is 10.5 Å². The van der Waals surface area contributed by atoms with Crippen molar-refractivity contribution in [2.24, 2.45) is 5.73 Å². The first-order valence-electron chi connectivity index (χ1n) is 6.04.